The zero-order valence-corrected chi connectivity index (χ0v) is 11.2. The standard InChI is InChI=1S/C14H19N3O2/c1-10(2)12(18)9-15-8-11-7-14(19)17-6-4-3-5-13(17)16-11/h3-7,10,12,15,18H,8-9H2,1-2H3. The van der Waals surface area contributed by atoms with E-state index in [4.69, 9.17) is 0 Å². The maximum Gasteiger partial charge on any atom is 0.258 e. The summed E-state index contributed by atoms with van der Waals surface area (Å²) in [6.45, 7) is 4.90. The minimum Gasteiger partial charge on any atom is -0.392 e. The van der Waals surface area contributed by atoms with Gasteiger partial charge in [0.2, 0.25) is 0 Å². The van der Waals surface area contributed by atoms with Gasteiger partial charge in [0.05, 0.1) is 11.8 Å². The average Bonchev–Trinajstić information content (AvgIpc) is 2.38. The Morgan fingerprint density at radius 3 is 2.95 bits per heavy atom. The third-order valence-electron chi connectivity index (χ3n) is 3.05. The first kappa shape index (κ1) is 13.7. The minimum absolute atomic E-state index is 0.0909. The van der Waals surface area contributed by atoms with E-state index in [0.717, 1.165) is 0 Å². The highest BCUT2D eigenvalue weighted by atomic mass is 16.3. The molecule has 19 heavy (non-hydrogen) atoms. The molecule has 2 aromatic heterocycles. The summed E-state index contributed by atoms with van der Waals surface area (Å²) in [7, 11) is 0. The lowest BCUT2D eigenvalue weighted by atomic mass is 10.1. The first-order chi connectivity index (χ1) is 9.08. The Morgan fingerprint density at radius 2 is 2.21 bits per heavy atom. The largest absolute Gasteiger partial charge is 0.392 e. The van der Waals surface area contributed by atoms with E-state index in [1.165, 1.54) is 10.5 Å². The van der Waals surface area contributed by atoms with Crippen LogP contribution in [0, 0.1) is 5.92 Å². The number of pyridine rings is 1. The van der Waals surface area contributed by atoms with Crippen molar-refractivity contribution in [2.45, 2.75) is 26.5 Å². The zero-order valence-electron chi connectivity index (χ0n) is 11.2. The molecular weight excluding hydrogens is 242 g/mol. The number of rotatable bonds is 5. The molecule has 1 unspecified atom stereocenters. The number of nitrogens with one attached hydrogen (secondary N) is 1. The Balaban J connectivity index is 2.08. The van der Waals surface area contributed by atoms with Crippen LogP contribution < -0.4 is 10.9 Å². The lowest BCUT2D eigenvalue weighted by Crippen LogP contribution is -2.31. The molecule has 0 saturated heterocycles. The molecule has 0 spiro atoms. The highest BCUT2D eigenvalue weighted by Gasteiger charge is 2.08. The van der Waals surface area contributed by atoms with Crippen molar-refractivity contribution in [1.29, 1.82) is 0 Å². The summed E-state index contributed by atoms with van der Waals surface area (Å²) in [5, 5.41) is 12.8. The highest BCUT2D eigenvalue weighted by Crippen LogP contribution is 2.01. The Morgan fingerprint density at radius 1 is 1.42 bits per heavy atom. The molecule has 0 aliphatic carbocycles. The molecule has 0 aliphatic heterocycles. The molecule has 2 heterocycles. The van der Waals surface area contributed by atoms with Gasteiger partial charge in [0, 0.05) is 25.4 Å². The van der Waals surface area contributed by atoms with E-state index >= 15 is 0 Å². The molecule has 2 N–H and O–H groups in total. The SMILES string of the molecule is CC(C)C(O)CNCc1cc(=O)n2ccccc2n1. The van der Waals surface area contributed by atoms with E-state index in [1.807, 2.05) is 19.9 Å². The number of hydrogen-bond donors (Lipinski definition) is 2. The van der Waals surface area contributed by atoms with E-state index in [9.17, 15) is 9.90 Å². The van der Waals surface area contributed by atoms with Crippen molar-refractivity contribution in [3.05, 3.63) is 46.5 Å². The Labute approximate surface area is 111 Å². The van der Waals surface area contributed by atoms with Crippen LogP contribution in [0.4, 0.5) is 0 Å². The highest BCUT2D eigenvalue weighted by molar-refractivity contribution is 5.37. The Hall–Kier alpha value is -1.72. The van der Waals surface area contributed by atoms with Crippen molar-refractivity contribution in [2.75, 3.05) is 6.54 Å². The molecule has 0 saturated carbocycles. The fourth-order valence-corrected chi connectivity index (χ4v) is 1.78. The molecule has 5 heteroatoms. The van der Waals surface area contributed by atoms with Gasteiger partial charge in [-0.2, -0.15) is 0 Å². The summed E-state index contributed by atoms with van der Waals surface area (Å²) < 4.78 is 1.51. The molecule has 102 valence electrons. The molecule has 0 aliphatic rings. The van der Waals surface area contributed by atoms with Crippen LogP contribution in [0.5, 0.6) is 0 Å². The molecule has 1 atom stereocenters. The van der Waals surface area contributed by atoms with Crippen LogP contribution in [0.3, 0.4) is 0 Å². The van der Waals surface area contributed by atoms with Gasteiger partial charge in [-0.15, -0.1) is 0 Å². The van der Waals surface area contributed by atoms with Gasteiger partial charge in [0.1, 0.15) is 5.65 Å². The molecule has 2 rings (SSSR count). The fraction of sp³-hybridized carbons (Fsp3) is 0.429. The number of fused-ring (bicyclic) bond motifs is 1. The third-order valence-corrected chi connectivity index (χ3v) is 3.05. The second-order valence-corrected chi connectivity index (χ2v) is 4.96. The van der Waals surface area contributed by atoms with Gasteiger partial charge in [-0.1, -0.05) is 19.9 Å². The Bertz CT molecular complexity index is 607. The monoisotopic (exact) mass is 261 g/mol. The van der Waals surface area contributed by atoms with Crippen LogP contribution >= 0.6 is 0 Å². The fourth-order valence-electron chi connectivity index (χ4n) is 1.78. The van der Waals surface area contributed by atoms with Crippen LogP contribution in [0.2, 0.25) is 0 Å². The van der Waals surface area contributed by atoms with Crippen molar-refractivity contribution < 1.29 is 5.11 Å². The smallest absolute Gasteiger partial charge is 0.258 e. The van der Waals surface area contributed by atoms with Gasteiger partial charge >= 0.3 is 0 Å². The number of aromatic nitrogens is 2. The van der Waals surface area contributed by atoms with Crippen LogP contribution in [0.1, 0.15) is 19.5 Å². The maximum atomic E-state index is 11.9. The number of aliphatic hydroxyl groups excluding tert-OH is 1. The van der Waals surface area contributed by atoms with E-state index in [1.54, 1.807) is 18.3 Å². The summed E-state index contributed by atoms with van der Waals surface area (Å²) in [6, 6.07) is 6.96. The van der Waals surface area contributed by atoms with Crippen molar-refractivity contribution in [3.8, 4) is 0 Å². The van der Waals surface area contributed by atoms with Crippen LogP contribution in [-0.4, -0.2) is 27.1 Å². The predicted octanol–water partition coefficient (Wildman–Crippen LogP) is 0.801. The van der Waals surface area contributed by atoms with E-state index in [-0.39, 0.29) is 17.6 Å². The van der Waals surface area contributed by atoms with Crippen LogP contribution in [0.25, 0.3) is 5.65 Å². The number of aliphatic hydroxyl groups is 1. The molecular formula is C14H19N3O2. The number of hydrogen-bond acceptors (Lipinski definition) is 4. The van der Waals surface area contributed by atoms with Crippen LogP contribution in [-0.2, 0) is 6.54 Å². The van der Waals surface area contributed by atoms with Gasteiger partial charge in [-0.05, 0) is 18.1 Å². The first-order valence-electron chi connectivity index (χ1n) is 6.44. The predicted molar refractivity (Wildman–Crippen MR) is 74.0 cm³/mol. The summed E-state index contributed by atoms with van der Waals surface area (Å²) in [5.41, 5.74) is 1.23. The summed E-state index contributed by atoms with van der Waals surface area (Å²) in [5.74, 6) is 0.211. The topological polar surface area (TPSA) is 66.6 Å². The average molecular weight is 261 g/mol. The summed E-state index contributed by atoms with van der Waals surface area (Å²) >= 11 is 0. The number of nitrogens with zero attached hydrogens (tertiary/aromatic N) is 2. The van der Waals surface area contributed by atoms with Gasteiger partial charge in [0.25, 0.3) is 5.56 Å². The van der Waals surface area contributed by atoms with Crippen molar-refractivity contribution in [1.82, 2.24) is 14.7 Å². The second-order valence-electron chi connectivity index (χ2n) is 4.96. The molecule has 2 aromatic rings. The second kappa shape index (κ2) is 5.95. The molecule has 0 fully saturated rings. The molecule has 0 bridgehead atoms. The van der Waals surface area contributed by atoms with Gasteiger partial charge in [0.15, 0.2) is 0 Å². The summed E-state index contributed by atoms with van der Waals surface area (Å²) in [4.78, 5) is 16.2. The molecule has 0 amide bonds. The van der Waals surface area contributed by atoms with E-state index < -0.39 is 0 Å². The third kappa shape index (κ3) is 3.39. The zero-order chi connectivity index (χ0) is 13.8. The van der Waals surface area contributed by atoms with Gasteiger partial charge in [-0.3, -0.25) is 9.20 Å². The summed E-state index contributed by atoms with van der Waals surface area (Å²) in [6.07, 6.45) is 1.31. The molecule has 0 aromatic carbocycles. The van der Waals surface area contributed by atoms with E-state index in [0.29, 0.717) is 24.4 Å². The minimum atomic E-state index is -0.387. The molecule has 5 nitrogen and oxygen atoms in total. The maximum absolute atomic E-state index is 11.9. The first-order valence-corrected chi connectivity index (χ1v) is 6.44. The van der Waals surface area contributed by atoms with E-state index in [2.05, 4.69) is 10.3 Å². The van der Waals surface area contributed by atoms with Crippen molar-refractivity contribution in [3.63, 3.8) is 0 Å². The van der Waals surface area contributed by atoms with Crippen molar-refractivity contribution in [2.24, 2.45) is 5.92 Å². The van der Waals surface area contributed by atoms with Gasteiger partial charge in [-0.25, -0.2) is 4.98 Å². The lowest BCUT2D eigenvalue weighted by molar-refractivity contribution is 0.123. The molecule has 0 radical (unpaired) electrons. The normalized spacial score (nSPS) is 13.1. The van der Waals surface area contributed by atoms with Gasteiger partial charge < -0.3 is 10.4 Å². The lowest BCUT2D eigenvalue weighted by Gasteiger charge is -2.14. The quantitative estimate of drug-likeness (QED) is 0.835. The van der Waals surface area contributed by atoms with Crippen molar-refractivity contribution >= 4 is 5.65 Å². The van der Waals surface area contributed by atoms with Crippen LogP contribution in [0.15, 0.2) is 35.3 Å². The Kier molecular flexibility index (Phi) is 4.29.